The second-order valence-corrected chi connectivity index (χ2v) is 11.4. The first-order valence-corrected chi connectivity index (χ1v) is 13.6. The van der Waals surface area contributed by atoms with Gasteiger partial charge in [-0.2, -0.15) is 4.31 Å². The molecule has 0 bridgehead atoms. The highest BCUT2D eigenvalue weighted by atomic mass is 32.2. The van der Waals surface area contributed by atoms with Gasteiger partial charge in [0.1, 0.15) is 0 Å². The molecule has 180 valence electrons. The second-order valence-electron chi connectivity index (χ2n) is 9.48. The van der Waals surface area contributed by atoms with Crippen molar-refractivity contribution >= 4 is 21.8 Å². The smallest absolute Gasteiger partial charge is 0.312 e. The van der Waals surface area contributed by atoms with Crippen molar-refractivity contribution in [1.29, 1.82) is 0 Å². The molecule has 2 heterocycles. The van der Waals surface area contributed by atoms with Gasteiger partial charge in [0.2, 0.25) is 10.0 Å². The molecule has 8 heteroatoms. The van der Waals surface area contributed by atoms with E-state index in [9.17, 15) is 18.0 Å². The first-order chi connectivity index (χ1) is 16.4. The van der Waals surface area contributed by atoms with Crippen molar-refractivity contribution in [1.82, 2.24) is 14.1 Å². The molecule has 3 aliphatic rings. The summed E-state index contributed by atoms with van der Waals surface area (Å²) in [5, 5.41) is 0. The summed E-state index contributed by atoms with van der Waals surface area (Å²) in [6, 6.07) is 15.1. The summed E-state index contributed by atoms with van der Waals surface area (Å²) in [7, 11) is -3.56. The van der Waals surface area contributed by atoms with Gasteiger partial charge in [0, 0.05) is 38.8 Å². The van der Waals surface area contributed by atoms with Crippen LogP contribution in [0.2, 0.25) is 0 Å². The van der Waals surface area contributed by atoms with E-state index in [4.69, 9.17) is 0 Å². The molecule has 0 spiro atoms. The van der Waals surface area contributed by atoms with Crippen LogP contribution in [0.25, 0.3) is 0 Å². The molecule has 0 radical (unpaired) electrons. The van der Waals surface area contributed by atoms with Gasteiger partial charge < -0.3 is 9.80 Å². The summed E-state index contributed by atoms with van der Waals surface area (Å²) in [5.74, 6) is -0.947. The maximum atomic E-state index is 13.3. The SMILES string of the molecule is O=C1C(=O)N(C2CCN(S(=O)(=O)c3ccc4c(c3)CCCC4)CC2)CCN1Cc1ccccc1. The molecule has 0 N–H and O–H groups in total. The molecule has 34 heavy (non-hydrogen) atoms. The van der Waals surface area contributed by atoms with Crippen LogP contribution in [-0.2, 0) is 39.0 Å². The highest BCUT2D eigenvalue weighted by molar-refractivity contribution is 7.89. The molecule has 5 rings (SSSR count). The van der Waals surface area contributed by atoms with Crippen LogP contribution in [-0.4, -0.2) is 66.6 Å². The minimum absolute atomic E-state index is 0.106. The first kappa shape index (κ1) is 23.1. The Morgan fingerprint density at radius 1 is 0.794 bits per heavy atom. The Bertz CT molecular complexity index is 1170. The summed E-state index contributed by atoms with van der Waals surface area (Å²) >= 11 is 0. The van der Waals surface area contributed by atoms with Gasteiger partial charge in [0.05, 0.1) is 4.90 Å². The number of fused-ring (bicyclic) bond motifs is 1. The van der Waals surface area contributed by atoms with Crippen LogP contribution in [0.15, 0.2) is 53.4 Å². The molecule has 2 fully saturated rings. The molecule has 2 amide bonds. The maximum absolute atomic E-state index is 13.3. The van der Waals surface area contributed by atoms with Crippen molar-refractivity contribution in [3.05, 3.63) is 65.2 Å². The molecule has 7 nitrogen and oxygen atoms in total. The Hall–Kier alpha value is -2.71. The summed E-state index contributed by atoms with van der Waals surface area (Å²) in [4.78, 5) is 29.2. The number of benzene rings is 2. The molecule has 2 aliphatic heterocycles. The van der Waals surface area contributed by atoms with Gasteiger partial charge in [-0.15, -0.1) is 0 Å². The van der Waals surface area contributed by atoms with E-state index in [-0.39, 0.29) is 6.04 Å². The van der Waals surface area contributed by atoms with Crippen molar-refractivity contribution in [3.63, 3.8) is 0 Å². The summed E-state index contributed by atoms with van der Waals surface area (Å²) < 4.78 is 28.1. The predicted molar refractivity (Wildman–Crippen MR) is 128 cm³/mol. The zero-order valence-corrected chi connectivity index (χ0v) is 20.2. The summed E-state index contributed by atoms with van der Waals surface area (Å²) in [6.45, 7) is 2.12. The molecule has 0 saturated carbocycles. The fourth-order valence-corrected chi connectivity index (χ4v) is 6.93. The van der Waals surface area contributed by atoms with Gasteiger partial charge in [-0.05, 0) is 67.3 Å². The lowest BCUT2D eigenvalue weighted by atomic mass is 9.92. The van der Waals surface area contributed by atoms with Crippen LogP contribution in [0.3, 0.4) is 0 Å². The van der Waals surface area contributed by atoms with Gasteiger partial charge >= 0.3 is 11.8 Å². The van der Waals surface area contributed by atoms with E-state index in [1.807, 2.05) is 42.5 Å². The zero-order valence-electron chi connectivity index (χ0n) is 19.4. The topological polar surface area (TPSA) is 78.0 Å². The standard InChI is InChI=1S/C26H31N3O4S/c30-25-26(31)29(17-16-27(25)19-20-6-2-1-3-7-20)23-12-14-28(15-13-23)34(32,33)24-11-10-21-8-4-5-9-22(21)18-24/h1-3,6-7,10-11,18,23H,4-5,8-9,12-17,19H2. The zero-order chi connectivity index (χ0) is 23.7. The lowest BCUT2D eigenvalue weighted by molar-refractivity contribution is -0.158. The number of hydrogen-bond donors (Lipinski definition) is 0. The first-order valence-electron chi connectivity index (χ1n) is 12.2. The quantitative estimate of drug-likeness (QED) is 0.615. The van der Waals surface area contributed by atoms with E-state index in [1.54, 1.807) is 15.9 Å². The number of amides is 2. The van der Waals surface area contributed by atoms with Crippen LogP contribution in [0.5, 0.6) is 0 Å². The third kappa shape index (κ3) is 4.49. The summed E-state index contributed by atoms with van der Waals surface area (Å²) in [5.41, 5.74) is 3.41. The number of sulfonamides is 1. The van der Waals surface area contributed by atoms with Crippen LogP contribution in [0.1, 0.15) is 42.4 Å². The number of piperazine rings is 1. The average Bonchev–Trinajstić information content (AvgIpc) is 2.87. The number of piperidine rings is 1. The Labute approximate surface area is 201 Å². The Morgan fingerprint density at radius 2 is 1.50 bits per heavy atom. The molecular weight excluding hydrogens is 450 g/mol. The van der Waals surface area contributed by atoms with Crippen LogP contribution < -0.4 is 0 Å². The van der Waals surface area contributed by atoms with Gasteiger partial charge in [-0.25, -0.2) is 8.42 Å². The molecule has 1 aliphatic carbocycles. The summed E-state index contributed by atoms with van der Waals surface area (Å²) in [6.07, 6.45) is 5.31. The minimum Gasteiger partial charge on any atom is -0.330 e. The lowest BCUT2D eigenvalue weighted by Gasteiger charge is -2.41. The van der Waals surface area contributed by atoms with E-state index in [1.165, 1.54) is 9.87 Å². The fraction of sp³-hybridized carbons (Fsp3) is 0.462. The number of rotatable bonds is 5. The Balaban J connectivity index is 1.20. The normalized spacial score (nSPS) is 20.5. The molecule has 0 aromatic heterocycles. The fourth-order valence-electron chi connectivity index (χ4n) is 5.41. The second kappa shape index (κ2) is 9.50. The van der Waals surface area contributed by atoms with E-state index in [0.717, 1.165) is 36.8 Å². The van der Waals surface area contributed by atoms with Crippen molar-refractivity contribution in [2.24, 2.45) is 0 Å². The largest absolute Gasteiger partial charge is 0.330 e. The van der Waals surface area contributed by atoms with Gasteiger partial charge in [-0.3, -0.25) is 9.59 Å². The predicted octanol–water partition coefficient (Wildman–Crippen LogP) is 2.59. The van der Waals surface area contributed by atoms with Crippen molar-refractivity contribution in [2.75, 3.05) is 26.2 Å². The number of nitrogens with zero attached hydrogens (tertiary/aromatic N) is 3. The van der Waals surface area contributed by atoms with Crippen molar-refractivity contribution in [3.8, 4) is 0 Å². The minimum atomic E-state index is -3.56. The van der Waals surface area contributed by atoms with Gasteiger partial charge in [-0.1, -0.05) is 36.4 Å². The highest BCUT2D eigenvalue weighted by Gasteiger charge is 2.39. The van der Waals surface area contributed by atoms with Crippen molar-refractivity contribution in [2.45, 2.75) is 56.0 Å². The third-order valence-electron chi connectivity index (χ3n) is 7.38. The van der Waals surface area contributed by atoms with E-state index in [0.29, 0.717) is 50.5 Å². The highest BCUT2D eigenvalue weighted by Crippen LogP contribution is 2.28. The third-order valence-corrected chi connectivity index (χ3v) is 9.27. The Morgan fingerprint density at radius 3 is 2.24 bits per heavy atom. The monoisotopic (exact) mass is 481 g/mol. The maximum Gasteiger partial charge on any atom is 0.312 e. The molecular formula is C26H31N3O4S. The molecule has 0 atom stereocenters. The number of aryl methyl sites for hydroxylation is 2. The van der Waals surface area contributed by atoms with Gasteiger partial charge in [0.25, 0.3) is 0 Å². The number of hydrogen-bond acceptors (Lipinski definition) is 4. The average molecular weight is 482 g/mol. The van der Waals surface area contributed by atoms with Crippen LogP contribution >= 0.6 is 0 Å². The van der Waals surface area contributed by atoms with Crippen LogP contribution in [0, 0.1) is 0 Å². The Kier molecular flexibility index (Phi) is 6.44. The van der Waals surface area contributed by atoms with Gasteiger partial charge in [0.15, 0.2) is 0 Å². The van der Waals surface area contributed by atoms with E-state index < -0.39 is 21.8 Å². The molecule has 2 aromatic carbocycles. The number of carbonyl (C=O) groups excluding carboxylic acids is 2. The van der Waals surface area contributed by atoms with E-state index in [2.05, 4.69) is 0 Å². The van der Waals surface area contributed by atoms with E-state index >= 15 is 0 Å². The van der Waals surface area contributed by atoms with Crippen molar-refractivity contribution < 1.29 is 18.0 Å². The molecule has 0 unspecified atom stereocenters. The van der Waals surface area contributed by atoms with Crippen LogP contribution in [0.4, 0.5) is 0 Å². The number of carbonyl (C=O) groups is 2. The molecule has 2 saturated heterocycles. The molecule has 2 aromatic rings. The lowest BCUT2D eigenvalue weighted by Crippen LogP contribution is -2.58.